The van der Waals surface area contributed by atoms with E-state index in [1.54, 1.807) is 12.3 Å². The molecule has 1 N–H and O–H groups in total. The van der Waals surface area contributed by atoms with Crippen molar-refractivity contribution in [3.63, 3.8) is 0 Å². The van der Waals surface area contributed by atoms with E-state index >= 15 is 0 Å². The van der Waals surface area contributed by atoms with Gasteiger partial charge in [0.15, 0.2) is 5.78 Å². The van der Waals surface area contributed by atoms with Crippen molar-refractivity contribution in [3.05, 3.63) is 23.5 Å². The van der Waals surface area contributed by atoms with E-state index in [0.29, 0.717) is 29.6 Å². The molecule has 0 radical (unpaired) electrons. The summed E-state index contributed by atoms with van der Waals surface area (Å²) >= 11 is 0. The summed E-state index contributed by atoms with van der Waals surface area (Å²) < 4.78 is 0. The lowest BCUT2D eigenvalue weighted by atomic mass is 9.91. The lowest BCUT2D eigenvalue weighted by molar-refractivity contribution is 0.0787. The Balaban J connectivity index is 1.60. The second-order valence-electron chi connectivity index (χ2n) is 7.36. The van der Waals surface area contributed by atoms with Gasteiger partial charge < -0.3 is 9.88 Å². The molecule has 0 aromatic carbocycles. The first-order chi connectivity index (χ1) is 11.0. The maximum Gasteiger partial charge on any atom is 0.270 e. The minimum Gasteiger partial charge on any atom is -0.356 e. The molecule has 126 valence electrons. The first-order valence-corrected chi connectivity index (χ1v) is 8.76. The number of hydrogen-bond donors (Lipinski definition) is 1. The fraction of sp³-hybridized carbons (Fsp3) is 0.667. The van der Waals surface area contributed by atoms with E-state index in [4.69, 9.17) is 0 Å². The molecule has 23 heavy (non-hydrogen) atoms. The SMILES string of the molecule is C[C@@H]1C[C@@H](C)CN(CC(=O)c2c[nH]c(C(=O)N3CCCC3)c2)C1. The van der Waals surface area contributed by atoms with Gasteiger partial charge in [0.05, 0.1) is 6.54 Å². The summed E-state index contributed by atoms with van der Waals surface area (Å²) in [5, 5.41) is 0. The number of carbonyl (C=O) groups excluding carboxylic acids is 2. The molecule has 2 atom stereocenters. The normalized spacial score (nSPS) is 25.7. The van der Waals surface area contributed by atoms with Gasteiger partial charge in [0.2, 0.25) is 0 Å². The third kappa shape index (κ3) is 3.83. The molecule has 5 heteroatoms. The number of hydrogen-bond acceptors (Lipinski definition) is 3. The van der Waals surface area contributed by atoms with Crippen molar-refractivity contribution >= 4 is 11.7 Å². The molecule has 0 spiro atoms. The van der Waals surface area contributed by atoms with Gasteiger partial charge in [-0.2, -0.15) is 0 Å². The summed E-state index contributed by atoms with van der Waals surface area (Å²) in [6, 6.07) is 1.72. The molecule has 1 aromatic heterocycles. The standard InChI is InChI=1S/C18H27N3O2/c1-13-7-14(2)11-20(10-13)12-17(22)15-8-16(19-9-15)18(23)21-5-3-4-6-21/h8-9,13-14,19H,3-7,10-12H2,1-2H3/t13-,14-/m1/s1. The Kier molecular flexibility index (Phi) is 4.85. The monoisotopic (exact) mass is 317 g/mol. The zero-order valence-electron chi connectivity index (χ0n) is 14.2. The molecule has 1 aromatic rings. The maximum absolute atomic E-state index is 12.5. The van der Waals surface area contributed by atoms with Gasteiger partial charge in [-0.05, 0) is 37.2 Å². The van der Waals surface area contributed by atoms with Crippen molar-refractivity contribution in [2.75, 3.05) is 32.7 Å². The average molecular weight is 317 g/mol. The fourth-order valence-corrected chi connectivity index (χ4v) is 3.98. The molecule has 2 aliphatic heterocycles. The summed E-state index contributed by atoms with van der Waals surface area (Å²) in [6.07, 6.45) is 5.07. The molecule has 2 saturated heterocycles. The van der Waals surface area contributed by atoms with Crippen LogP contribution in [0.3, 0.4) is 0 Å². The van der Waals surface area contributed by atoms with Crippen LogP contribution in [0.4, 0.5) is 0 Å². The number of H-pyrrole nitrogens is 1. The van der Waals surface area contributed by atoms with E-state index in [1.807, 2.05) is 4.90 Å². The number of rotatable bonds is 4. The van der Waals surface area contributed by atoms with Crippen LogP contribution in [0, 0.1) is 11.8 Å². The molecule has 0 aliphatic carbocycles. The first-order valence-electron chi connectivity index (χ1n) is 8.76. The summed E-state index contributed by atoms with van der Waals surface area (Å²) in [4.78, 5) is 31.9. The smallest absolute Gasteiger partial charge is 0.270 e. The van der Waals surface area contributed by atoms with Crippen LogP contribution in [-0.2, 0) is 0 Å². The molecule has 0 saturated carbocycles. The van der Waals surface area contributed by atoms with E-state index < -0.39 is 0 Å². The molecular weight excluding hydrogens is 290 g/mol. The Bertz CT molecular complexity index is 565. The van der Waals surface area contributed by atoms with Gasteiger partial charge in [-0.15, -0.1) is 0 Å². The molecule has 0 bridgehead atoms. The Morgan fingerprint density at radius 2 is 1.83 bits per heavy atom. The van der Waals surface area contributed by atoms with Crippen LogP contribution in [0.1, 0.15) is 54.0 Å². The summed E-state index contributed by atoms with van der Waals surface area (Å²) in [5.41, 5.74) is 1.16. The van der Waals surface area contributed by atoms with Crippen LogP contribution in [0.15, 0.2) is 12.3 Å². The first kappa shape index (κ1) is 16.2. The van der Waals surface area contributed by atoms with E-state index in [0.717, 1.165) is 39.0 Å². The molecule has 1 amide bonds. The third-order valence-electron chi connectivity index (χ3n) is 4.94. The Labute approximate surface area is 138 Å². The minimum absolute atomic E-state index is 0.0155. The van der Waals surface area contributed by atoms with Crippen molar-refractivity contribution in [2.45, 2.75) is 33.1 Å². The van der Waals surface area contributed by atoms with Crippen LogP contribution < -0.4 is 0 Å². The number of nitrogens with zero attached hydrogens (tertiary/aromatic N) is 2. The molecule has 2 fully saturated rings. The van der Waals surface area contributed by atoms with Gasteiger partial charge in [-0.25, -0.2) is 0 Å². The Morgan fingerprint density at radius 3 is 2.48 bits per heavy atom. The summed E-state index contributed by atoms with van der Waals surface area (Å²) in [5.74, 6) is 1.40. The molecule has 0 unspecified atom stereocenters. The average Bonchev–Trinajstić information content (AvgIpc) is 3.17. The molecular formula is C18H27N3O2. The zero-order chi connectivity index (χ0) is 16.4. The molecule has 2 aliphatic rings. The fourth-order valence-electron chi connectivity index (χ4n) is 3.98. The highest BCUT2D eigenvalue weighted by molar-refractivity contribution is 6.01. The minimum atomic E-state index is 0.0155. The van der Waals surface area contributed by atoms with Crippen LogP contribution in [0.2, 0.25) is 0 Å². The van der Waals surface area contributed by atoms with E-state index in [9.17, 15) is 9.59 Å². The Morgan fingerprint density at radius 1 is 1.17 bits per heavy atom. The lowest BCUT2D eigenvalue weighted by Gasteiger charge is -2.34. The van der Waals surface area contributed by atoms with Crippen molar-refractivity contribution in [1.29, 1.82) is 0 Å². The number of carbonyl (C=O) groups is 2. The van der Waals surface area contributed by atoms with Crippen LogP contribution in [0.5, 0.6) is 0 Å². The number of Topliss-reactive ketones (excluding diaryl/α,β-unsaturated/α-hetero) is 1. The van der Waals surface area contributed by atoms with Gasteiger partial charge in [-0.3, -0.25) is 14.5 Å². The molecule has 5 nitrogen and oxygen atoms in total. The predicted octanol–water partition coefficient (Wildman–Crippen LogP) is 2.41. The second kappa shape index (κ2) is 6.87. The number of aromatic amines is 1. The number of amides is 1. The van der Waals surface area contributed by atoms with Crippen molar-refractivity contribution in [1.82, 2.24) is 14.8 Å². The predicted molar refractivity (Wildman–Crippen MR) is 89.6 cm³/mol. The quantitative estimate of drug-likeness (QED) is 0.868. The highest BCUT2D eigenvalue weighted by atomic mass is 16.2. The summed E-state index contributed by atoms with van der Waals surface area (Å²) in [6.45, 7) is 8.56. The molecule has 3 rings (SSSR count). The lowest BCUT2D eigenvalue weighted by Crippen LogP contribution is -2.41. The van der Waals surface area contributed by atoms with Gasteiger partial charge >= 0.3 is 0 Å². The number of likely N-dealkylation sites (tertiary alicyclic amines) is 2. The molecule has 3 heterocycles. The van der Waals surface area contributed by atoms with Gasteiger partial charge in [0.25, 0.3) is 5.91 Å². The Hall–Kier alpha value is -1.62. The van der Waals surface area contributed by atoms with Crippen molar-refractivity contribution < 1.29 is 9.59 Å². The highest BCUT2D eigenvalue weighted by Crippen LogP contribution is 2.21. The maximum atomic E-state index is 12.5. The van der Waals surface area contributed by atoms with Gasteiger partial charge in [-0.1, -0.05) is 13.8 Å². The second-order valence-corrected chi connectivity index (χ2v) is 7.36. The summed E-state index contributed by atoms with van der Waals surface area (Å²) in [7, 11) is 0. The van der Waals surface area contributed by atoms with Crippen LogP contribution in [-0.4, -0.2) is 59.2 Å². The largest absolute Gasteiger partial charge is 0.356 e. The topological polar surface area (TPSA) is 56.4 Å². The van der Waals surface area contributed by atoms with Crippen molar-refractivity contribution in [2.24, 2.45) is 11.8 Å². The van der Waals surface area contributed by atoms with E-state index in [2.05, 4.69) is 23.7 Å². The van der Waals surface area contributed by atoms with Crippen molar-refractivity contribution in [3.8, 4) is 0 Å². The van der Waals surface area contributed by atoms with Crippen LogP contribution >= 0.6 is 0 Å². The van der Waals surface area contributed by atoms with E-state index in [-0.39, 0.29) is 11.7 Å². The number of piperidine rings is 1. The van der Waals surface area contributed by atoms with Crippen LogP contribution in [0.25, 0.3) is 0 Å². The van der Waals surface area contributed by atoms with Gasteiger partial charge in [0.1, 0.15) is 5.69 Å². The number of aromatic nitrogens is 1. The number of nitrogens with one attached hydrogen (secondary N) is 1. The number of ketones is 1. The van der Waals surface area contributed by atoms with Gasteiger partial charge in [0, 0.05) is 37.9 Å². The third-order valence-corrected chi connectivity index (χ3v) is 4.94. The zero-order valence-corrected chi connectivity index (χ0v) is 14.2. The van der Waals surface area contributed by atoms with E-state index in [1.165, 1.54) is 6.42 Å². The highest BCUT2D eigenvalue weighted by Gasteiger charge is 2.25.